The van der Waals surface area contributed by atoms with Gasteiger partial charge in [0.15, 0.2) is 0 Å². The quantitative estimate of drug-likeness (QED) is 0.638. The summed E-state index contributed by atoms with van der Waals surface area (Å²) in [6.07, 6.45) is 0. The fourth-order valence-corrected chi connectivity index (χ4v) is 11.6. The Morgan fingerprint density at radius 2 is 1.88 bits per heavy atom. The number of hydrogen-bond donors (Lipinski definition) is 0. The molecule has 0 saturated carbocycles. The average Bonchev–Trinajstić information content (AvgIpc) is 1.62. The Bertz CT molecular complexity index is 95.1. The van der Waals surface area contributed by atoms with E-state index in [1.165, 1.54) is 0 Å². The first-order valence-corrected chi connectivity index (χ1v) is 18.5. The molecule has 0 aliphatic heterocycles. The van der Waals surface area contributed by atoms with Gasteiger partial charge in [0, 0.05) is 0 Å². The summed E-state index contributed by atoms with van der Waals surface area (Å²) in [5.41, 5.74) is -0.0469. The molecule has 0 aliphatic carbocycles. The SMILES string of the molecule is CC(C)(C)C(=O)[Se][Cs]. The van der Waals surface area contributed by atoms with Gasteiger partial charge in [-0.15, -0.1) is 0 Å². The zero-order chi connectivity index (χ0) is 6.78. The van der Waals surface area contributed by atoms with E-state index in [0.717, 1.165) is 0 Å². The van der Waals surface area contributed by atoms with Crippen molar-refractivity contribution in [1.82, 2.24) is 0 Å². The number of carbonyl (C=O) groups is 1. The molecule has 0 spiro atoms. The third-order valence-electron chi connectivity index (χ3n) is 0.798. The van der Waals surface area contributed by atoms with Gasteiger partial charge in [-0.25, -0.2) is 0 Å². The molecule has 0 saturated heterocycles. The fourth-order valence-electron chi connectivity index (χ4n) is 0.306. The van der Waals surface area contributed by atoms with E-state index in [4.69, 9.17) is 0 Å². The van der Waals surface area contributed by atoms with Gasteiger partial charge >= 0.3 is 98.8 Å². The Balaban J connectivity index is 3.82. The van der Waals surface area contributed by atoms with E-state index in [1.54, 1.807) is 0 Å². The van der Waals surface area contributed by atoms with Crippen LogP contribution in [0.5, 0.6) is 0 Å². The first-order valence-electron chi connectivity index (χ1n) is 2.57. The van der Waals surface area contributed by atoms with Crippen LogP contribution in [0.2, 0.25) is 0 Å². The Labute approximate surface area is 95.8 Å². The third kappa shape index (κ3) is 4.12. The van der Waals surface area contributed by atoms with E-state index in [-0.39, 0.29) is 5.41 Å². The zero-order valence-electron chi connectivity index (χ0n) is 5.82. The van der Waals surface area contributed by atoms with Crippen LogP contribution in [-0.4, -0.2) is 67.8 Å². The predicted octanol–water partition coefficient (Wildman–Crippen LogP) is 0.347. The first-order chi connectivity index (χ1) is 3.48. The summed E-state index contributed by atoms with van der Waals surface area (Å²) in [6.45, 7) is 5.98. The molecule has 42 valence electrons. The van der Waals surface area contributed by atoms with Crippen molar-refractivity contribution in [3.8, 4) is 0 Å². The number of hydrogen-bond acceptors (Lipinski definition) is 1. The predicted molar refractivity (Wildman–Crippen MR) is 36.0 cm³/mol. The monoisotopic (exact) mass is 298 g/mol. The van der Waals surface area contributed by atoms with Crippen molar-refractivity contribution in [2.75, 3.05) is 0 Å². The molecule has 0 aromatic heterocycles. The van der Waals surface area contributed by atoms with Crippen LogP contribution in [0, 0.1) is 5.41 Å². The molecule has 0 aromatic rings. The molecule has 0 amide bonds. The maximum absolute atomic E-state index is 10.9. The summed E-state index contributed by atoms with van der Waals surface area (Å²) in [4.78, 5) is 10.9. The van der Waals surface area contributed by atoms with Gasteiger partial charge in [0.1, 0.15) is 0 Å². The summed E-state index contributed by atoms with van der Waals surface area (Å²) in [5.74, 6) is 0. The van der Waals surface area contributed by atoms with Crippen molar-refractivity contribution in [1.29, 1.82) is 0 Å². The molecule has 0 radical (unpaired) electrons. The van der Waals surface area contributed by atoms with E-state index >= 15 is 0 Å². The average molecular weight is 297 g/mol. The van der Waals surface area contributed by atoms with Gasteiger partial charge < -0.3 is 0 Å². The number of rotatable bonds is 1. The number of carbonyl (C=O) groups excluding carboxylic acids is 1. The normalized spacial score (nSPS) is 11.6. The Morgan fingerprint density at radius 3 is 1.88 bits per heavy atom. The molecule has 0 aliphatic rings. The second-order valence-corrected chi connectivity index (χ2v) is 11.0. The van der Waals surface area contributed by atoms with Crippen molar-refractivity contribution in [2.45, 2.75) is 20.8 Å². The van der Waals surface area contributed by atoms with Crippen LogP contribution < -0.4 is 0 Å². The van der Waals surface area contributed by atoms with Crippen LogP contribution in [0.3, 0.4) is 0 Å². The van der Waals surface area contributed by atoms with Gasteiger partial charge in [0.2, 0.25) is 0 Å². The summed E-state index contributed by atoms with van der Waals surface area (Å²) in [5, 5.41) is 0. The summed E-state index contributed by atoms with van der Waals surface area (Å²) in [6, 6.07) is 0. The van der Waals surface area contributed by atoms with Gasteiger partial charge in [-0.3, -0.25) is 0 Å². The van der Waals surface area contributed by atoms with E-state index < -0.39 is 0 Å². The summed E-state index contributed by atoms with van der Waals surface area (Å²) < 4.78 is 0.893. The molecular formula is C5H9CsOSe. The third-order valence-corrected chi connectivity index (χ3v) is 8.91. The topological polar surface area (TPSA) is 17.1 Å². The fraction of sp³-hybridized carbons (Fsp3) is 0.800. The molecule has 0 heterocycles. The summed E-state index contributed by atoms with van der Waals surface area (Å²) >= 11 is 0.531. The molecule has 0 fully saturated rings. The Kier molecular flexibility index (Phi) is 5.36. The van der Waals surface area contributed by atoms with E-state index in [1.807, 2.05) is 20.8 Å². The Morgan fingerprint density at radius 1 is 1.50 bits per heavy atom. The van der Waals surface area contributed by atoms with E-state index in [2.05, 4.69) is 0 Å². The second kappa shape index (κ2) is 4.19. The van der Waals surface area contributed by atoms with E-state index in [0.29, 0.717) is 67.8 Å². The van der Waals surface area contributed by atoms with Crippen LogP contribution in [0.15, 0.2) is 0 Å². The van der Waals surface area contributed by atoms with Crippen molar-refractivity contribution >= 4 is 67.8 Å². The molecule has 0 unspecified atom stereocenters. The molecule has 1 nitrogen and oxygen atoms in total. The van der Waals surface area contributed by atoms with Gasteiger partial charge in [-0.05, 0) is 0 Å². The molecule has 3 heteroatoms. The second-order valence-electron chi connectivity index (χ2n) is 2.74. The molecule has 0 rings (SSSR count). The van der Waals surface area contributed by atoms with Crippen molar-refractivity contribution in [3.05, 3.63) is 0 Å². The van der Waals surface area contributed by atoms with Crippen molar-refractivity contribution < 1.29 is 4.79 Å². The van der Waals surface area contributed by atoms with Crippen LogP contribution in [0.4, 0.5) is 0 Å². The minimum atomic E-state index is -0.0469. The van der Waals surface area contributed by atoms with Gasteiger partial charge in [-0.2, -0.15) is 0 Å². The van der Waals surface area contributed by atoms with Crippen LogP contribution in [0.1, 0.15) is 20.8 Å². The van der Waals surface area contributed by atoms with E-state index in [9.17, 15) is 4.79 Å². The minimum absolute atomic E-state index is 0.0469. The molecule has 0 N–H and O–H groups in total. The van der Waals surface area contributed by atoms with Crippen LogP contribution >= 0.6 is 0 Å². The van der Waals surface area contributed by atoms with Gasteiger partial charge in [0.05, 0.1) is 0 Å². The molecule has 0 aromatic carbocycles. The van der Waals surface area contributed by atoms with Crippen molar-refractivity contribution in [2.24, 2.45) is 5.41 Å². The zero-order valence-corrected chi connectivity index (χ0v) is 13.8. The standard InChI is InChI=1S/C5H10OSe.Cs/c1-5(2,3)4(6)7;/h1-3H3,(H,6,7);/q;+1/p-1. The molecule has 8 heavy (non-hydrogen) atoms. The Hall–Kier alpha value is 2.24. The van der Waals surface area contributed by atoms with Crippen LogP contribution in [0.25, 0.3) is 0 Å². The first kappa shape index (κ1) is 10.2. The molecule has 0 atom stereocenters. The van der Waals surface area contributed by atoms with Gasteiger partial charge in [-0.1, -0.05) is 0 Å². The van der Waals surface area contributed by atoms with Crippen LogP contribution in [-0.2, 0) is 4.79 Å². The summed E-state index contributed by atoms with van der Waals surface area (Å²) in [7, 11) is 0. The molecule has 0 bridgehead atoms. The van der Waals surface area contributed by atoms with Gasteiger partial charge in [0.25, 0.3) is 0 Å². The van der Waals surface area contributed by atoms with Crippen molar-refractivity contribution in [3.63, 3.8) is 0 Å². The maximum atomic E-state index is 10.9. The molecular weight excluding hydrogens is 288 g/mol.